The van der Waals surface area contributed by atoms with Gasteiger partial charge in [-0.15, -0.1) is 0 Å². The smallest absolute Gasteiger partial charge is 0.326 e. The van der Waals surface area contributed by atoms with E-state index in [1.54, 1.807) is 0 Å². The molecule has 1 rings (SSSR count). The Kier molecular flexibility index (Phi) is 6.89. The predicted octanol–water partition coefficient (Wildman–Crippen LogP) is 2.87. The molecule has 0 aliphatic rings. The number of benzene rings is 1. The van der Waals surface area contributed by atoms with Crippen molar-refractivity contribution in [3.05, 3.63) is 29.3 Å². The number of carbonyl (C=O) groups is 2. The monoisotopic (exact) mass is 307 g/mol. The molecule has 1 atom stereocenters. The highest BCUT2D eigenvalue weighted by molar-refractivity contribution is 5.84. The molecule has 0 saturated carbocycles. The van der Waals surface area contributed by atoms with Crippen molar-refractivity contribution in [1.82, 2.24) is 5.32 Å². The number of carboxylic acid groups (broad SMARTS) is 1. The minimum Gasteiger partial charge on any atom is -0.483 e. The zero-order valence-electron chi connectivity index (χ0n) is 13.7. The summed E-state index contributed by atoms with van der Waals surface area (Å²) in [5.41, 5.74) is 2.08. The van der Waals surface area contributed by atoms with E-state index in [-0.39, 0.29) is 12.5 Å². The lowest BCUT2D eigenvalue weighted by Crippen LogP contribution is -2.42. The molecule has 5 heteroatoms. The maximum absolute atomic E-state index is 11.9. The van der Waals surface area contributed by atoms with Crippen molar-refractivity contribution < 1.29 is 19.4 Å². The zero-order chi connectivity index (χ0) is 16.7. The lowest BCUT2D eigenvalue weighted by molar-refractivity contribution is -0.142. The maximum atomic E-state index is 11.9. The van der Waals surface area contributed by atoms with Gasteiger partial charge in [-0.05, 0) is 36.5 Å². The molecule has 122 valence electrons. The summed E-state index contributed by atoms with van der Waals surface area (Å²) in [7, 11) is 0. The first kappa shape index (κ1) is 18.0. The van der Waals surface area contributed by atoms with Gasteiger partial charge in [-0.2, -0.15) is 0 Å². The second-order valence-corrected chi connectivity index (χ2v) is 5.73. The minimum absolute atomic E-state index is 0.184. The third-order valence-electron chi connectivity index (χ3n) is 3.36. The van der Waals surface area contributed by atoms with Gasteiger partial charge in [-0.3, -0.25) is 4.79 Å². The van der Waals surface area contributed by atoms with Crippen LogP contribution in [0.5, 0.6) is 5.75 Å². The summed E-state index contributed by atoms with van der Waals surface area (Å²) in [6.45, 7) is 7.76. The van der Waals surface area contributed by atoms with Crippen molar-refractivity contribution in [2.75, 3.05) is 6.61 Å². The van der Waals surface area contributed by atoms with Gasteiger partial charge in [-0.25, -0.2) is 4.79 Å². The van der Waals surface area contributed by atoms with Crippen LogP contribution in [0.25, 0.3) is 0 Å². The van der Waals surface area contributed by atoms with E-state index in [0.717, 1.165) is 11.1 Å². The number of nitrogens with one attached hydrogen (secondary N) is 1. The van der Waals surface area contributed by atoms with Crippen LogP contribution in [-0.2, 0) is 9.59 Å². The minimum atomic E-state index is -1.02. The Balaban J connectivity index is 2.67. The number of carboxylic acids is 1. The van der Waals surface area contributed by atoms with E-state index in [4.69, 9.17) is 9.84 Å². The number of aliphatic carboxylic acids is 1. The van der Waals surface area contributed by atoms with Crippen molar-refractivity contribution >= 4 is 11.9 Å². The highest BCUT2D eigenvalue weighted by Gasteiger charge is 2.19. The molecule has 0 bridgehead atoms. The average Bonchev–Trinajstić information content (AvgIpc) is 2.44. The van der Waals surface area contributed by atoms with Crippen molar-refractivity contribution in [2.45, 2.75) is 52.5 Å². The van der Waals surface area contributed by atoms with Gasteiger partial charge in [0.05, 0.1) is 0 Å². The van der Waals surface area contributed by atoms with E-state index in [1.165, 1.54) is 0 Å². The first-order valence-electron chi connectivity index (χ1n) is 7.60. The summed E-state index contributed by atoms with van der Waals surface area (Å²) in [5.74, 6) is -0.483. The highest BCUT2D eigenvalue weighted by Crippen LogP contribution is 2.27. The van der Waals surface area contributed by atoms with E-state index in [9.17, 15) is 9.59 Å². The molecular formula is C17H25NO4. The lowest BCUT2D eigenvalue weighted by atomic mass is 10.0. The van der Waals surface area contributed by atoms with Crippen LogP contribution in [-0.4, -0.2) is 29.6 Å². The molecule has 0 saturated heterocycles. The first-order valence-corrected chi connectivity index (χ1v) is 7.60. The fraction of sp³-hybridized carbons (Fsp3) is 0.529. The molecule has 1 unspecified atom stereocenters. The molecule has 0 aromatic heterocycles. The molecule has 0 aliphatic carbocycles. The molecule has 5 nitrogen and oxygen atoms in total. The molecule has 1 amide bonds. The van der Waals surface area contributed by atoms with Gasteiger partial charge >= 0.3 is 5.97 Å². The number of ether oxygens (including phenoxy) is 1. The number of carbonyl (C=O) groups excluding carboxylic acids is 1. The summed E-state index contributed by atoms with van der Waals surface area (Å²) in [5, 5.41) is 11.5. The van der Waals surface area contributed by atoms with Gasteiger partial charge in [0.1, 0.15) is 11.8 Å². The quantitative estimate of drug-likeness (QED) is 0.774. The fourth-order valence-corrected chi connectivity index (χ4v) is 2.17. The third-order valence-corrected chi connectivity index (χ3v) is 3.36. The first-order chi connectivity index (χ1) is 10.3. The molecule has 0 spiro atoms. The lowest BCUT2D eigenvalue weighted by Gasteiger charge is -2.16. The van der Waals surface area contributed by atoms with E-state index < -0.39 is 17.9 Å². The number of hydrogen-bond donors (Lipinski definition) is 2. The second kappa shape index (κ2) is 8.41. The van der Waals surface area contributed by atoms with Gasteiger partial charge in [0, 0.05) is 0 Å². The summed E-state index contributed by atoms with van der Waals surface area (Å²) >= 11 is 0. The van der Waals surface area contributed by atoms with E-state index in [2.05, 4.69) is 19.2 Å². The van der Waals surface area contributed by atoms with Crippen molar-refractivity contribution in [1.29, 1.82) is 0 Å². The highest BCUT2D eigenvalue weighted by atomic mass is 16.5. The Morgan fingerprint density at radius 2 is 2.00 bits per heavy atom. The largest absolute Gasteiger partial charge is 0.483 e. The fourth-order valence-electron chi connectivity index (χ4n) is 2.17. The van der Waals surface area contributed by atoms with Gasteiger partial charge < -0.3 is 15.2 Å². The SMILES string of the molecule is CCCC(NC(=O)COc1cc(C)ccc1C(C)C)C(=O)O. The molecule has 22 heavy (non-hydrogen) atoms. The number of rotatable bonds is 8. The van der Waals surface area contributed by atoms with Crippen LogP contribution < -0.4 is 10.1 Å². The Labute approximate surface area is 131 Å². The summed E-state index contributed by atoms with van der Waals surface area (Å²) in [4.78, 5) is 22.9. The molecule has 1 aromatic carbocycles. The Morgan fingerprint density at radius 1 is 1.32 bits per heavy atom. The van der Waals surface area contributed by atoms with Gasteiger partial charge in [0.2, 0.25) is 0 Å². The maximum Gasteiger partial charge on any atom is 0.326 e. The Morgan fingerprint density at radius 3 is 2.55 bits per heavy atom. The van der Waals surface area contributed by atoms with Crippen LogP contribution in [0.2, 0.25) is 0 Å². The van der Waals surface area contributed by atoms with Crippen LogP contribution in [0.15, 0.2) is 18.2 Å². The van der Waals surface area contributed by atoms with Crippen molar-refractivity contribution in [3.8, 4) is 5.75 Å². The molecule has 0 radical (unpaired) electrons. The van der Waals surface area contributed by atoms with Crippen LogP contribution in [0.3, 0.4) is 0 Å². The van der Waals surface area contributed by atoms with Crippen LogP contribution >= 0.6 is 0 Å². The number of aryl methyl sites for hydroxylation is 1. The summed E-state index contributed by atoms with van der Waals surface area (Å²) in [6.07, 6.45) is 1.09. The summed E-state index contributed by atoms with van der Waals surface area (Å²) < 4.78 is 5.59. The van der Waals surface area contributed by atoms with Crippen LogP contribution in [0.1, 0.15) is 50.7 Å². The zero-order valence-corrected chi connectivity index (χ0v) is 13.7. The Hall–Kier alpha value is -2.04. The van der Waals surface area contributed by atoms with Crippen LogP contribution in [0.4, 0.5) is 0 Å². The number of amides is 1. The molecule has 2 N–H and O–H groups in total. The molecule has 0 fully saturated rings. The predicted molar refractivity (Wildman–Crippen MR) is 85.2 cm³/mol. The standard InChI is InChI=1S/C17H25NO4/c1-5-6-14(17(20)21)18-16(19)10-22-15-9-12(4)7-8-13(15)11(2)3/h7-9,11,14H,5-6,10H2,1-4H3,(H,18,19)(H,20,21). The molecule has 0 aliphatic heterocycles. The topological polar surface area (TPSA) is 75.6 Å². The van der Waals surface area contributed by atoms with E-state index >= 15 is 0 Å². The Bertz CT molecular complexity index is 525. The van der Waals surface area contributed by atoms with Crippen LogP contribution in [0, 0.1) is 6.92 Å². The van der Waals surface area contributed by atoms with Gasteiger partial charge in [0.15, 0.2) is 6.61 Å². The van der Waals surface area contributed by atoms with E-state index in [1.807, 2.05) is 32.0 Å². The molecular weight excluding hydrogens is 282 g/mol. The number of hydrogen-bond acceptors (Lipinski definition) is 3. The van der Waals surface area contributed by atoms with Crippen molar-refractivity contribution in [3.63, 3.8) is 0 Å². The average molecular weight is 307 g/mol. The van der Waals surface area contributed by atoms with Crippen molar-refractivity contribution in [2.24, 2.45) is 0 Å². The van der Waals surface area contributed by atoms with Gasteiger partial charge in [0.25, 0.3) is 5.91 Å². The van der Waals surface area contributed by atoms with E-state index in [0.29, 0.717) is 18.6 Å². The summed E-state index contributed by atoms with van der Waals surface area (Å²) in [6, 6.07) is 5.03. The second-order valence-electron chi connectivity index (χ2n) is 5.73. The molecule has 1 aromatic rings. The van der Waals surface area contributed by atoms with Gasteiger partial charge in [-0.1, -0.05) is 39.3 Å². The molecule has 0 heterocycles. The normalized spacial score (nSPS) is 12.0. The third kappa shape index (κ3) is 5.39.